The molecule has 0 saturated carbocycles. The fourth-order valence-corrected chi connectivity index (χ4v) is 2.58. The Morgan fingerprint density at radius 2 is 0.933 bits per heavy atom. The van der Waals surface area contributed by atoms with Crippen LogP contribution >= 0.6 is 0 Å². The molecule has 0 radical (unpaired) electrons. The molecule has 30 heavy (non-hydrogen) atoms. The van der Waals surface area contributed by atoms with Gasteiger partial charge in [-0.25, -0.2) is 4.98 Å². The second kappa shape index (κ2) is 14.4. The van der Waals surface area contributed by atoms with Crippen molar-refractivity contribution in [3.8, 4) is 0 Å². The Balaban J connectivity index is 0. The summed E-state index contributed by atoms with van der Waals surface area (Å²) >= 11 is 0. The Morgan fingerprint density at radius 3 is 1.27 bits per heavy atom. The molecule has 0 aliphatic carbocycles. The molecule has 1 aromatic heterocycles. The molecular formula is C23H23Cl3N3V. The normalized spacial score (nSPS) is 10.7. The van der Waals surface area contributed by atoms with E-state index >= 15 is 0 Å². The first-order valence-corrected chi connectivity index (χ1v) is 8.73. The van der Waals surface area contributed by atoms with Gasteiger partial charge in [0.15, 0.2) is 0 Å². The van der Waals surface area contributed by atoms with Crippen LogP contribution in [0.1, 0.15) is 36.4 Å². The zero-order chi connectivity index (χ0) is 18.5. The third-order valence-electron chi connectivity index (χ3n) is 4.15. The summed E-state index contributed by atoms with van der Waals surface area (Å²) < 4.78 is 0. The smallest absolute Gasteiger partial charge is 1.00 e. The zero-order valence-corrected chi connectivity index (χ0v) is 20.9. The van der Waals surface area contributed by atoms with E-state index in [9.17, 15) is 0 Å². The van der Waals surface area contributed by atoms with E-state index in [0.29, 0.717) is 0 Å². The molecule has 0 aliphatic rings. The van der Waals surface area contributed by atoms with Gasteiger partial charge < -0.3 is 37.2 Å². The predicted molar refractivity (Wildman–Crippen MR) is 110 cm³/mol. The molecule has 0 N–H and O–H groups in total. The number of aromatic nitrogens is 1. The number of aliphatic imine (C=N–C) groups is 2. The minimum Gasteiger partial charge on any atom is -1.00 e. The molecule has 0 amide bonds. The van der Waals surface area contributed by atoms with Gasteiger partial charge in [-0.3, -0.25) is 9.98 Å². The van der Waals surface area contributed by atoms with E-state index in [4.69, 9.17) is 4.98 Å². The summed E-state index contributed by atoms with van der Waals surface area (Å²) in [7, 11) is 0. The van der Waals surface area contributed by atoms with Gasteiger partial charge in [0, 0.05) is 0 Å². The second-order valence-electron chi connectivity index (χ2n) is 6.47. The zero-order valence-electron chi connectivity index (χ0n) is 17.3. The van der Waals surface area contributed by atoms with Crippen LogP contribution in [-0.4, -0.2) is 16.4 Å². The maximum Gasteiger partial charge on any atom is 3.00 e. The Hall–Kier alpha value is -1.62. The molecule has 7 heteroatoms. The topological polar surface area (TPSA) is 37.6 Å². The van der Waals surface area contributed by atoms with Gasteiger partial charge in [-0.1, -0.05) is 41.5 Å². The summed E-state index contributed by atoms with van der Waals surface area (Å²) in [6.07, 6.45) is 0. The third-order valence-corrected chi connectivity index (χ3v) is 4.15. The van der Waals surface area contributed by atoms with Gasteiger partial charge >= 0.3 is 18.6 Å². The quantitative estimate of drug-likeness (QED) is 0.353. The molecule has 3 aromatic rings. The first-order valence-electron chi connectivity index (χ1n) is 8.73. The van der Waals surface area contributed by atoms with Crippen LogP contribution < -0.4 is 37.2 Å². The first kappa shape index (κ1) is 30.6. The average molecular weight is 499 g/mol. The van der Waals surface area contributed by atoms with Crippen molar-refractivity contribution in [1.82, 2.24) is 4.98 Å². The Kier molecular flexibility index (Phi) is 14.7. The van der Waals surface area contributed by atoms with Crippen molar-refractivity contribution in [2.24, 2.45) is 9.98 Å². The van der Waals surface area contributed by atoms with Crippen molar-refractivity contribution in [2.75, 3.05) is 0 Å². The number of pyridine rings is 1. The van der Waals surface area contributed by atoms with Crippen molar-refractivity contribution >= 4 is 22.8 Å². The molecule has 2 aromatic carbocycles. The van der Waals surface area contributed by atoms with Gasteiger partial charge in [-0.05, 0) is 64.1 Å². The molecule has 0 spiro atoms. The molecule has 1 heterocycles. The van der Waals surface area contributed by atoms with Gasteiger partial charge in [-0.2, -0.15) is 0 Å². The number of benzene rings is 2. The fourth-order valence-electron chi connectivity index (χ4n) is 2.58. The van der Waals surface area contributed by atoms with Crippen LogP contribution in [0, 0.1) is 13.8 Å². The Morgan fingerprint density at radius 1 is 0.600 bits per heavy atom. The third kappa shape index (κ3) is 8.63. The number of rotatable bonds is 4. The van der Waals surface area contributed by atoms with E-state index in [2.05, 4.69) is 48.1 Å². The van der Waals surface area contributed by atoms with Crippen LogP contribution in [0.2, 0.25) is 0 Å². The van der Waals surface area contributed by atoms with Gasteiger partial charge in [0.1, 0.15) is 0 Å². The van der Waals surface area contributed by atoms with Crippen molar-refractivity contribution in [1.29, 1.82) is 0 Å². The second-order valence-corrected chi connectivity index (χ2v) is 6.47. The standard InChI is InChI=1S/C23H23N3.3ClH.V/c1-16-8-12-20(13-9-16)24-18(3)22-6-5-7-23(26-22)19(4)25-21-14-10-17(2)11-15-21;;;;/h5-15H,1-4H3;3*1H;/q;;;;+3/p-3. The van der Waals surface area contributed by atoms with Crippen LogP contribution in [0.4, 0.5) is 11.4 Å². The summed E-state index contributed by atoms with van der Waals surface area (Å²) in [6, 6.07) is 22.3. The summed E-state index contributed by atoms with van der Waals surface area (Å²) in [6.45, 7) is 8.11. The van der Waals surface area contributed by atoms with Gasteiger partial charge in [0.25, 0.3) is 0 Å². The van der Waals surface area contributed by atoms with E-state index in [1.807, 2.05) is 56.3 Å². The van der Waals surface area contributed by atoms with E-state index in [0.717, 1.165) is 34.2 Å². The monoisotopic (exact) mass is 497 g/mol. The molecule has 156 valence electrons. The van der Waals surface area contributed by atoms with E-state index < -0.39 is 0 Å². The van der Waals surface area contributed by atoms with Crippen molar-refractivity contribution < 1.29 is 55.8 Å². The largest absolute Gasteiger partial charge is 3.00 e. The SMILES string of the molecule is CC(=Nc1ccc(C)cc1)c1cccc(C(C)=Nc2ccc(C)cc2)n1.[Cl-].[Cl-].[Cl-].[V+3]. The number of halogens is 3. The van der Waals surface area contributed by atoms with Crippen LogP contribution in [0.25, 0.3) is 0 Å². The summed E-state index contributed by atoms with van der Waals surface area (Å²) in [4.78, 5) is 14.1. The Labute approximate surface area is 209 Å². The van der Waals surface area contributed by atoms with Gasteiger partial charge in [0.2, 0.25) is 0 Å². The minimum absolute atomic E-state index is 0. The summed E-state index contributed by atoms with van der Waals surface area (Å²) in [5, 5.41) is 0. The molecule has 0 aliphatic heterocycles. The number of nitrogens with zero attached hydrogens (tertiary/aromatic N) is 3. The number of aryl methyl sites for hydroxylation is 2. The van der Waals surface area contributed by atoms with E-state index in [-0.39, 0.29) is 55.8 Å². The van der Waals surface area contributed by atoms with Crippen LogP contribution in [0.5, 0.6) is 0 Å². The van der Waals surface area contributed by atoms with Gasteiger partial charge in [0.05, 0.1) is 34.2 Å². The molecule has 0 saturated heterocycles. The predicted octanol–water partition coefficient (Wildman–Crippen LogP) is -3.01. The van der Waals surface area contributed by atoms with Crippen LogP contribution in [0.15, 0.2) is 76.7 Å². The first-order chi connectivity index (χ1) is 12.5. The Bertz CT molecular complexity index is 893. The van der Waals surface area contributed by atoms with E-state index in [1.165, 1.54) is 11.1 Å². The maximum atomic E-state index is 4.74. The van der Waals surface area contributed by atoms with Crippen molar-refractivity contribution in [3.63, 3.8) is 0 Å². The van der Waals surface area contributed by atoms with Crippen molar-refractivity contribution in [2.45, 2.75) is 27.7 Å². The van der Waals surface area contributed by atoms with Crippen LogP contribution in [0.3, 0.4) is 0 Å². The molecule has 0 fully saturated rings. The minimum atomic E-state index is 0. The van der Waals surface area contributed by atoms with Crippen LogP contribution in [-0.2, 0) is 18.6 Å². The molecule has 0 atom stereocenters. The molecular weight excluding hydrogens is 476 g/mol. The molecule has 0 bridgehead atoms. The maximum absolute atomic E-state index is 4.74. The average Bonchev–Trinajstić information content (AvgIpc) is 2.65. The number of hydrogen-bond acceptors (Lipinski definition) is 3. The number of hydrogen-bond donors (Lipinski definition) is 0. The molecule has 3 nitrogen and oxygen atoms in total. The summed E-state index contributed by atoms with van der Waals surface area (Å²) in [5.74, 6) is 0. The van der Waals surface area contributed by atoms with Crippen molar-refractivity contribution in [3.05, 3.63) is 89.2 Å². The molecule has 0 unspecified atom stereocenters. The van der Waals surface area contributed by atoms with Gasteiger partial charge in [-0.15, -0.1) is 0 Å². The fraction of sp³-hybridized carbons (Fsp3) is 0.174. The summed E-state index contributed by atoms with van der Waals surface area (Å²) in [5.41, 5.74) is 7.82. The van der Waals surface area contributed by atoms with E-state index in [1.54, 1.807) is 0 Å². The molecule has 3 rings (SSSR count).